The second-order valence-corrected chi connectivity index (χ2v) is 5.18. The average molecular weight is 265 g/mol. The van der Waals surface area contributed by atoms with Gasteiger partial charge in [0.2, 0.25) is 0 Å². The van der Waals surface area contributed by atoms with Gasteiger partial charge in [-0.15, -0.1) is 0 Å². The molecule has 1 amide bonds. The van der Waals surface area contributed by atoms with Gasteiger partial charge in [-0.25, -0.2) is 5.10 Å². The smallest absolute Gasteiger partial charge is 0.277 e. The van der Waals surface area contributed by atoms with E-state index in [0.29, 0.717) is 24.3 Å². The lowest BCUT2D eigenvalue weighted by Crippen LogP contribution is -2.35. The third kappa shape index (κ3) is 2.53. The van der Waals surface area contributed by atoms with Gasteiger partial charge >= 0.3 is 0 Å². The number of carbonyl (C=O) groups excluding carboxylic acids is 1. The third-order valence-corrected chi connectivity index (χ3v) is 3.88. The molecule has 1 saturated heterocycles. The van der Waals surface area contributed by atoms with E-state index in [9.17, 15) is 14.7 Å². The van der Waals surface area contributed by atoms with Crippen molar-refractivity contribution in [3.05, 3.63) is 27.2 Å². The van der Waals surface area contributed by atoms with Crippen LogP contribution in [-0.2, 0) is 0 Å². The number of carbonyl (C=O) groups is 1. The van der Waals surface area contributed by atoms with E-state index >= 15 is 0 Å². The van der Waals surface area contributed by atoms with Gasteiger partial charge in [-0.3, -0.25) is 9.59 Å². The SMILES string of the molecule is Cc1n[nH]c(=O)c(C(=O)N2CCC(C(C)O)C2)c1C. The summed E-state index contributed by atoms with van der Waals surface area (Å²) in [6.45, 7) is 6.29. The normalized spacial score (nSPS) is 20.6. The van der Waals surface area contributed by atoms with Crippen molar-refractivity contribution in [1.82, 2.24) is 15.1 Å². The summed E-state index contributed by atoms with van der Waals surface area (Å²) in [5, 5.41) is 15.7. The molecule has 2 unspecified atom stereocenters. The number of aryl methyl sites for hydroxylation is 1. The highest BCUT2D eigenvalue weighted by Crippen LogP contribution is 2.21. The molecule has 0 aliphatic carbocycles. The first-order valence-corrected chi connectivity index (χ1v) is 6.45. The molecular formula is C13H19N3O3. The summed E-state index contributed by atoms with van der Waals surface area (Å²) in [7, 11) is 0. The predicted molar refractivity (Wildman–Crippen MR) is 70.0 cm³/mol. The van der Waals surface area contributed by atoms with Gasteiger partial charge in [0.05, 0.1) is 11.8 Å². The molecule has 2 rings (SSSR count). The fourth-order valence-electron chi connectivity index (χ4n) is 2.41. The van der Waals surface area contributed by atoms with E-state index in [1.165, 1.54) is 0 Å². The van der Waals surface area contributed by atoms with Gasteiger partial charge in [0.15, 0.2) is 0 Å². The van der Waals surface area contributed by atoms with Crippen LogP contribution in [0.25, 0.3) is 0 Å². The van der Waals surface area contributed by atoms with Crippen LogP contribution in [0.2, 0.25) is 0 Å². The minimum absolute atomic E-state index is 0.0891. The molecule has 0 radical (unpaired) electrons. The molecule has 0 spiro atoms. The molecule has 0 bridgehead atoms. The Balaban J connectivity index is 2.27. The van der Waals surface area contributed by atoms with E-state index in [1.807, 2.05) is 0 Å². The molecule has 6 heteroatoms. The molecule has 1 fully saturated rings. The molecule has 104 valence electrons. The quantitative estimate of drug-likeness (QED) is 0.801. The summed E-state index contributed by atoms with van der Waals surface area (Å²) in [6.07, 6.45) is 0.334. The molecule has 0 aromatic carbocycles. The van der Waals surface area contributed by atoms with Crippen LogP contribution in [-0.4, -0.2) is 45.3 Å². The highest BCUT2D eigenvalue weighted by molar-refractivity contribution is 5.95. The monoisotopic (exact) mass is 265 g/mol. The number of rotatable bonds is 2. The van der Waals surface area contributed by atoms with E-state index in [2.05, 4.69) is 10.2 Å². The summed E-state index contributed by atoms with van der Waals surface area (Å²) in [6, 6.07) is 0. The van der Waals surface area contributed by atoms with Crippen LogP contribution >= 0.6 is 0 Å². The van der Waals surface area contributed by atoms with Crippen molar-refractivity contribution < 1.29 is 9.90 Å². The highest BCUT2D eigenvalue weighted by Gasteiger charge is 2.31. The van der Waals surface area contributed by atoms with Crippen LogP contribution in [0.1, 0.15) is 35.0 Å². The number of aromatic nitrogens is 2. The molecule has 1 aliphatic rings. The maximum atomic E-state index is 12.4. The molecule has 1 aromatic rings. The Labute approximate surface area is 111 Å². The first-order chi connectivity index (χ1) is 8.91. The van der Waals surface area contributed by atoms with Crippen molar-refractivity contribution >= 4 is 5.91 Å². The molecular weight excluding hydrogens is 246 g/mol. The minimum atomic E-state index is -0.450. The number of hydrogen-bond acceptors (Lipinski definition) is 4. The van der Waals surface area contributed by atoms with Crippen molar-refractivity contribution in [3.63, 3.8) is 0 Å². The van der Waals surface area contributed by atoms with E-state index in [1.54, 1.807) is 25.7 Å². The zero-order valence-corrected chi connectivity index (χ0v) is 11.4. The maximum absolute atomic E-state index is 12.4. The van der Waals surface area contributed by atoms with E-state index in [0.717, 1.165) is 6.42 Å². The number of nitrogens with one attached hydrogen (secondary N) is 1. The summed E-state index contributed by atoms with van der Waals surface area (Å²) in [4.78, 5) is 25.8. The standard InChI is InChI=1S/C13H19N3O3/c1-7-8(2)14-15-12(18)11(7)13(19)16-5-4-10(6-16)9(3)17/h9-10,17H,4-6H2,1-3H3,(H,15,18). The van der Waals surface area contributed by atoms with Gasteiger partial charge in [-0.1, -0.05) is 0 Å². The average Bonchev–Trinajstić information content (AvgIpc) is 2.84. The zero-order valence-electron chi connectivity index (χ0n) is 11.4. The number of aromatic amines is 1. The van der Waals surface area contributed by atoms with Crippen LogP contribution in [0.3, 0.4) is 0 Å². The van der Waals surface area contributed by atoms with Gasteiger partial charge in [0, 0.05) is 19.0 Å². The Morgan fingerprint density at radius 1 is 1.53 bits per heavy atom. The number of amides is 1. The van der Waals surface area contributed by atoms with Crippen molar-refractivity contribution in [1.29, 1.82) is 0 Å². The fourth-order valence-corrected chi connectivity index (χ4v) is 2.41. The van der Waals surface area contributed by atoms with Crippen molar-refractivity contribution in [2.45, 2.75) is 33.3 Å². The lowest BCUT2D eigenvalue weighted by atomic mass is 10.0. The first-order valence-electron chi connectivity index (χ1n) is 6.45. The number of likely N-dealkylation sites (tertiary alicyclic amines) is 1. The van der Waals surface area contributed by atoms with Crippen LogP contribution < -0.4 is 5.56 Å². The zero-order chi connectivity index (χ0) is 14.2. The molecule has 2 N–H and O–H groups in total. The topological polar surface area (TPSA) is 86.3 Å². The van der Waals surface area contributed by atoms with E-state index in [4.69, 9.17) is 0 Å². The van der Waals surface area contributed by atoms with E-state index in [-0.39, 0.29) is 17.4 Å². The minimum Gasteiger partial charge on any atom is -0.393 e. The van der Waals surface area contributed by atoms with Crippen molar-refractivity contribution in [3.8, 4) is 0 Å². The van der Waals surface area contributed by atoms with Gasteiger partial charge in [0.25, 0.3) is 11.5 Å². The van der Waals surface area contributed by atoms with Crippen molar-refractivity contribution in [2.75, 3.05) is 13.1 Å². The van der Waals surface area contributed by atoms with Crippen LogP contribution in [0.4, 0.5) is 0 Å². The number of hydrogen-bond donors (Lipinski definition) is 2. The summed E-state index contributed by atoms with van der Waals surface area (Å²) in [5.41, 5.74) is 0.982. The maximum Gasteiger partial charge on any atom is 0.277 e. The van der Waals surface area contributed by atoms with Crippen LogP contribution in [0.5, 0.6) is 0 Å². The van der Waals surface area contributed by atoms with Crippen LogP contribution in [0.15, 0.2) is 4.79 Å². The summed E-state index contributed by atoms with van der Waals surface area (Å²) in [5.74, 6) is -0.182. The lowest BCUT2D eigenvalue weighted by Gasteiger charge is -2.18. The number of aliphatic hydroxyl groups is 1. The second kappa shape index (κ2) is 5.13. The van der Waals surface area contributed by atoms with Gasteiger partial charge in [-0.2, -0.15) is 5.10 Å². The largest absolute Gasteiger partial charge is 0.393 e. The molecule has 0 saturated carbocycles. The molecule has 1 aromatic heterocycles. The Bertz CT molecular complexity index is 551. The lowest BCUT2D eigenvalue weighted by molar-refractivity contribution is 0.0759. The number of aliphatic hydroxyl groups excluding tert-OH is 1. The molecule has 6 nitrogen and oxygen atoms in total. The second-order valence-electron chi connectivity index (χ2n) is 5.18. The Morgan fingerprint density at radius 3 is 2.79 bits per heavy atom. The predicted octanol–water partition coefficient (Wildman–Crippen LogP) is 0.230. The molecule has 2 atom stereocenters. The van der Waals surface area contributed by atoms with Crippen LogP contribution in [0, 0.1) is 19.8 Å². The Kier molecular flexibility index (Phi) is 3.71. The van der Waals surface area contributed by atoms with Gasteiger partial charge in [0.1, 0.15) is 5.56 Å². The summed E-state index contributed by atoms with van der Waals surface area (Å²) < 4.78 is 0. The number of nitrogens with zero attached hydrogens (tertiary/aromatic N) is 2. The van der Waals surface area contributed by atoms with E-state index < -0.39 is 11.7 Å². The first kappa shape index (κ1) is 13.7. The molecule has 2 heterocycles. The Morgan fingerprint density at radius 2 is 2.21 bits per heavy atom. The Hall–Kier alpha value is -1.69. The molecule has 1 aliphatic heterocycles. The molecule has 19 heavy (non-hydrogen) atoms. The van der Waals surface area contributed by atoms with Gasteiger partial charge in [-0.05, 0) is 32.8 Å². The summed E-state index contributed by atoms with van der Waals surface area (Å²) >= 11 is 0. The fraction of sp³-hybridized carbons (Fsp3) is 0.615. The highest BCUT2D eigenvalue weighted by atomic mass is 16.3. The van der Waals surface area contributed by atoms with Crippen molar-refractivity contribution in [2.24, 2.45) is 5.92 Å². The third-order valence-electron chi connectivity index (χ3n) is 3.88. The van der Waals surface area contributed by atoms with Gasteiger partial charge < -0.3 is 10.0 Å². The number of H-pyrrole nitrogens is 1.